The first kappa shape index (κ1) is 5.35. The first-order valence-electron chi connectivity index (χ1n) is 1.99. The molecule has 0 aliphatic heterocycles. The summed E-state index contributed by atoms with van der Waals surface area (Å²) >= 11 is 1.96. The summed E-state index contributed by atoms with van der Waals surface area (Å²) in [6, 6.07) is 0. The van der Waals surface area contributed by atoms with E-state index in [-0.39, 0.29) is 0 Å². The van der Waals surface area contributed by atoms with E-state index in [1.807, 2.05) is 11.8 Å². The molecule has 32 valence electrons. The molecule has 0 bridgehead atoms. The highest BCUT2D eigenvalue weighted by atomic mass is 32.2. The average molecular weight is 92.2 g/mol. The van der Waals surface area contributed by atoms with Crippen molar-refractivity contribution in [2.24, 2.45) is 0 Å². The molecule has 0 spiro atoms. The number of hydrogen-bond acceptors (Lipinski definition) is 1. The van der Waals surface area contributed by atoms with Crippen molar-refractivity contribution in [1.82, 2.24) is 0 Å². The van der Waals surface area contributed by atoms with Crippen LogP contribution in [-0.4, -0.2) is 11.5 Å². The van der Waals surface area contributed by atoms with E-state index in [1.165, 1.54) is 11.5 Å². The van der Waals surface area contributed by atoms with Crippen LogP contribution in [0.4, 0.5) is 0 Å². The van der Waals surface area contributed by atoms with Crippen LogP contribution in [0.3, 0.4) is 0 Å². The van der Waals surface area contributed by atoms with Crippen molar-refractivity contribution in [2.75, 3.05) is 11.5 Å². The highest BCUT2D eigenvalue weighted by Gasteiger charge is 1.67. The molecule has 1 heteroatoms. The number of thioether (sulfide) groups is 1. The molecule has 0 saturated carbocycles. The van der Waals surface area contributed by atoms with Gasteiger partial charge < -0.3 is 0 Å². The Kier molecular flexibility index (Phi) is 4.65. The van der Waals surface area contributed by atoms with Gasteiger partial charge in [0.1, 0.15) is 0 Å². The van der Waals surface area contributed by atoms with Crippen LogP contribution in [0.5, 0.6) is 0 Å². The molecule has 5 heavy (non-hydrogen) atoms. The van der Waals surface area contributed by atoms with Crippen LogP contribution in [0, 0.1) is 0 Å². The van der Waals surface area contributed by atoms with E-state index < -0.39 is 0 Å². The summed E-state index contributed by atoms with van der Waals surface area (Å²) in [4.78, 5) is 0. The zero-order chi connectivity index (χ0) is 4.12. The molecule has 0 amide bonds. The van der Waals surface area contributed by atoms with Gasteiger partial charge in [-0.25, -0.2) is 0 Å². The van der Waals surface area contributed by atoms with Gasteiger partial charge in [-0.15, -0.1) is 0 Å². The minimum Gasteiger partial charge on any atom is -0.163 e. The second-order valence-corrected chi connectivity index (χ2v) is 2.34. The highest BCUT2D eigenvalue weighted by Crippen LogP contribution is 1.93. The van der Waals surface area contributed by atoms with Gasteiger partial charge in [-0.1, -0.05) is 13.8 Å². The summed E-state index contributed by atoms with van der Waals surface area (Å²) < 4.78 is 0. The normalized spacial score (nSPS) is 8.40. The zero-order valence-electron chi connectivity index (χ0n) is 3.82. The van der Waals surface area contributed by atoms with Gasteiger partial charge in [-0.3, -0.25) is 0 Å². The standard InChI is InChI=1S/C4H10S/c1-3-5-4-2/h3-4H2,1-2H3/i3+1,4+1. The maximum Gasteiger partial charge on any atom is -0.00961 e. The van der Waals surface area contributed by atoms with E-state index >= 15 is 0 Å². The number of hydrogen-bond donors (Lipinski definition) is 0. The summed E-state index contributed by atoms with van der Waals surface area (Å²) in [6.45, 7) is 4.35. The van der Waals surface area contributed by atoms with Crippen molar-refractivity contribution in [1.29, 1.82) is 0 Å². The van der Waals surface area contributed by atoms with Gasteiger partial charge >= 0.3 is 0 Å². The summed E-state index contributed by atoms with van der Waals surface area (Å²) in [5, 5.41) is 0. The molecule has 0 saturated heterocycles. The van der Waals surface area contributed by atoms with Crippen LogP contribution in [0.15, 0.2) is 0 Å². The highest BCUT2D eigenvalue weighted by molar-refractivity contribution is 7.99. The van der Waals surface area contributed by atoms with Crippen molar-refractivity contribution in [3.8, 4) is 0 Å². The Labute approximate surface area is 38.0 Å². The quantitative estimate of drug-likeness (QED) is 0.468. The summed E-state index contributed by atoms with van der Waals surface area (Å²) in [5.74, 6) is 2.52. The molecule has 0 aliphatic carbocycles. The first-order valence-corrected chi connectivity index (χ1v) is 3.15. The van der Waals surface area contributed by atoms with Gasteiger partial charge in [0.25, 0.3) is 0 Å². The molecule has 0 unspecified atom stereocenters. The van der Waals surface area contributed by atoms with Crippen LogP contribution >= 0.6 is 11.8 Å². The lowest BCUT2D eigenvalue weighted by atomic mass is 11.4. The second-order valence-electron chi connectivity index (χ2n) is 0.781. The van der Waals surface area contributed by atoms with Crippen molar-refractivity contribution in [3.63, 3.8) is 0 Å². The largest absolute Gasteiger partial charge is 0.163 e. The molecule has 0 N–H and O–H groups in total. The van der Waals surface area contributed by atoms with Crippen molar-refractivity contribution in [2.45, 2.75) is 13.8 Å². The topological polar surface area (TPSA) is 0 Å². The van der Waals surface area contributed by atoms with Crippen LogP contribution in [-0.2, 0) is 0 Å². The Hall–Kier alpha value is 0.350. The molecule has 0 aromatic carbocycles. The SMILES string of the molecule is C[13CH2]S[13CH2]C. The monoisotopic (exact) mass is 92.1 g/mol. The minimum absolute atomic E-state index is 1.26. The third kappa shape index (κ3) is 4.35. The molecule has 0 aliphatic rings. The lowest BCUT2D eigenvalue weighted by Crippen LogP contribution is -1.64. The minimum atomic E-state index is 1.26. The van der Waals surface area contributed by atoms with E-state index in [4.69, 9.17) is 0 Å². The molecule has 0 heterocycles. The van der Waals surface area contributed by atoms with Crippen LogP contribution in [0.25, 0.3) is 0 Å². The Bertz CT molecular complexity index is 11.1. The zero-order valence-corrected chi connectivity index (χ0v) is 4.64. The van der Waals surface area contributed by atoms with Gasteiger partial charge in [0.05, 0.1) is 0 Å². The molecular weight excluding hydrogens is 82.1 g/mol. The molecule has 0 nitrogen and oxygen atoms in total. The fourth-order valence-corrected chi connectivity index (χ4v) is 0.612. The summed E-state index contributed by atoms with van der Waals surface area (Å²) in [7, 11) is 0. The Morgan fingerprint density at radius 1 is 1.20 bits per heavy atom. The maximum absolute atomic E-state index is 2.17. The molecule has 0 aromatic rings. The van der Waals surface area contributed by atoms with Gasteiger partial charge in [-0.2, -0.15) is 11.8 Å². The van der Waals surface area contributed by atoms with E-state index in [0.717, 1.165) is 0 Å². The maximum atomic E-state index is 2.17. The molecule has 0 aromatic heterocycles. The predicted molar refractivity (Wildman–Crippen MR) is 28.7 cm³/mol. The summed E-state index contributed by atoms with van der Waals surface area (Å²) in [6.07, 6.45) is 0. The van der Waals surface area contributed by atoms with Crippen LogP contribution in [0.1, 0.15) is 13.8 Å². The van der Waals surface area contributed by atoms with Crippen molar-refractivity contribution >= 4 is 11.8 Å². The van der Waals surface area contributed by atoms with Gasteiger partial charge in [0.2, 0.25) is 0 Å². The lowest BCUT2D eigenvalue weighted by Gasteiger charge is -1.80. The van der Waals surface area contributed by atoms with Gasteiger partial charge in [-0.05, 0) is 11.5 Å². The Morgan fingerprint density at radius 2 is 1.60 bits per heavy atom. The molecule has 0 fully saturated rings. The van der Waals surface area contributed by atoms with Crippen LogP contribution in [0.2, 0.25) is 0 Å². The predicted octanol–water partition coefficient (Wildman–Crippen LogP) is 1.76. The third-order valence-electron chi connectivity index (χ3n) is 0.408. The van der Waals surface area contributed by atoms with E-state index in [0.29, 0.717) is 0 Å². The smallest absolute Gasteiger partial charge is 0.00961 e. The van der Waals surface area contributed by atoms with E-state index in [9.17, 15) is 0 Å². The Morgan fingerprint density at radius 3 is 1.60 bits per heavy atom. The lowest BCUT2D eigenvalue weighted by molar-refractivity contribution is 1.46. The average Bonchev–Trinajstić information content (AvgIpc) is 1.41. The van der Waals surface area contributed by atoms with E-state index in [1.54, 1.807) is 0 Å². The molecule has 0 radical (unpaired) electrons. The fourth-order valence-electron chi connectivity index (χ4n) is 0.204. The van der Waals surface area contributed by atoms with Crippen molar-refractivity contribution < 1.29 is 0 Å². The molecular formula is C4H10S. The fraction of sp³-hybridized carbons (Fsp3) is 1.00. The van der Waals surface area contributed by atoms with Crippen molar-refractivity contribution in [3.05, 3.63) is 0 Å². The molecule has 0 atom stereocenters. The first-order chi connectivity index (χ1) is 2.41. The van der Waals surface area contributed by atoms with Gasteiger partial charge in [0, 0.05) is 0 Å². The summed E-state index contributed by atoms with van der Waals surface area (Å²) in [5.41, 5.74) is 0. The van der Waals surface area contributed by atoms with Crippen LogP contribution < -0.4 is 0 Å². The van der Waals surface area contributed by atoms with E-state index in [2.05, 4.69) is 13.8 Å². The Balaban J connectivity index is 2.19. The van der Waals surface area contributed by atoms with Gasteiger partial charge in [0.15, 0.2) is 0 Å². The molecule has 0 rings (SSSR count). The second kappa shape index (κ2) is 4.35. The third-order valence-corrected chi connectivity index (χ3v) is 1.22. The number of rotatable bonds is 2.